The van der Waals surface area contributed by atoms with Crippen LogP contribution in [0.25, 0.3) is 10.9 Å². The number of aromatic nitrogens is 1. The second kappa shape index (κ2) is 4.77. The molecule has 1 aromatic carbocycles. The van der Waals surface area contributed by atoms with Crippen LogP contribution in [0.1, 0.15) is 5.56 Å². The van der Waals surface area contributed by atoms with Crippen molar-refractivity contribution in [3.63, 3.8) is 0 Å². The predicted octanol–water partition coefficient (Wildman–Crippen LogP) is 0.235. The molecule has 0 amide bonds. The van der Waals surface area contributed by atoms with Gasteiger partial charge in [-0.1, -0.05) is 18.2 Å². The number of nitrogens with zero attached hydrogens (tertiary/aromatic N) is 2. The Labute approximate surface area is 111 Å². The number of fused-ring (bicyclic) bond motifs is 1. The number of pyridine rings is 1. The summed E-state index contributed by atoms with van der Waals surface area (Å²) in [5, 5.41) is 20.4. The Morgan fingerprint density at radius 2 is 1.89 bits per heavy atom. The van der Waals surface area contributed by atoms with Gasteiger partial charge in [0.2, 0.25) is 0 Å². The SMILES string of the molecule is NCc1cc2ccccc2nc1N1CC(O)C(O)C1. The molecule has 0 radical (unpaired) electrons. The average Bonchev–Trinajstić information content (AvgIpc) is 2.77. The lowest BCUT2D eigenvalue weighted by Gasteiger charge is -2.20. The number of nitrogens with two attached hydrogens (primary N) is 1. The summed E-state index contributed by atoms with van der Waals surface area (Å²) >= 11 is 0. The van der Waals surface area contributed by atoms with E-state index in [1.54, 1.807) is 0 Å². The predicted molar refractivity (Wildman–Crippen MR) is 73.9 cm³/mol. The van der Waals surface area contributed by atoms with Crippen molar-refractivity contribution in [2.24, 2.45) is 5.73 Å². The average molecular weight is 259 g/mol. The summed E-state index contributed by atoms with van der Waals surface area (Å²) in [6.07, 6.45) is -1.45. The third-order valence-electron chi connectivity index (χ3n) is 3.56. The minimum Gasteiger partial charge on any atom is -0.389 e. The summed E-state index contributed by atoms with van der Waals surface area (Å²) in [5.41, 5.74) is 7.61. The van der Waals surface area contributed by atoms with Crippen molar-refractivity contribution in [3.8, 4) is 0 Å². The molecular formula is C14H17N3O2. The molecule has 19 heavy (non-hydrogen) atoms. The molecule has 2 aromatic rings. The first-order valence-corrected chi connectivity index (χ1v) is 6.39. The Hall–Kier alpha value is -1.69. The van der Waals surface area contributed by atoms with E-state index in [0.29, 0.717) is 19.6 Å². The lowest BCUT2D eigenvalue weighted by Crippen LogP contribution is -2.24. The van der Waals surface area contributed by atoms with E-state index >= 15 is 0 Å². The van der Waals surface area contributed by atoms with Crippen LogP contribution in [-0.4, -0.2) is 40.5 Å². The van der Waals surface area contributed by atoms with Gasteiger partial charge in [0.1, 0.15) is 5.82 Å². The van der Waals surface area contributed by atoms with Crippen LogP contribution in [0, 0.1) is 0 Å². The van der Waals surface area contributed by atoms with Crippen LogP contribution < -0.4 is 10.6 Å². The first-order valence-electron chi connectivity index (χ1n) is 6.39. The summed E-state index contributed by atoms with van der Waals surface area (Å²) < 4.78 is 0. The van der Waals surface area contributed by atoms with Crippen molar-refractivity contribution in [1.82, 2.24) is 4.98 Å². The second-order valence-electron chi connectivity index (χ2n) is 4.91. The molecule has 4 N–H and O–H groups in total. The van der Waals surface area contributed by atoms with E-state index in [9.17, 15) is 10.2 Å². The maximum Gasteiger partial charge on any atom is 0.133 e. The number of para-hydroxylation sites is 1. The van der Waals surface area contributed by atoms with E-state index < -0.39 is 12.2 Å². The monoisotopic (exact) mass is 259 g/mol. The van der Waals surface area contributed by atoms with Gasteiger partial charge in [-0.15, -0.1) is 0 Å². The van der Waals surface area contributed by atoms with Gasteiger partial charge in [-0.25, -0.2) is 4.98 Å². The first-order chi connectivity index (χ1) is 9.19. The Morgan fingerprint density at radius 1 is 1.21 bits per heavy atom. The van der Waals surface area contributed by atoms with Gasteiger partial charge < -0.3 is 20.8 Å². The lowest BCUT2D eigenvalue weighted by molar-refractivity contribution is 0.0572. The Balaban J connectivity index is 2.07. The minimum atomic E-state index is -0.723. The van der Waals surface area contributed by atoms with Gasteiger partial charge in [-0.3, -0.25) is 0 Å². The summed E-state index contributed by atoms with van der Waals surface area (Å²) in [6, 6.07) is 9.87. The lowest BCUT2D eigenvalue weighted by atomic mass is 10.1. The van der Waals surface area contributed by atoms with E-state index in [-0.39, 0.29) is 0 Å². The van der Waals surface area contributed by atoms with Gasteiger partial charge in [0.15, 0.2) is 0 Å². The van der Waals surface area contributed by atoms with Crippen LogP contribution >= 0.6 is 0 Å². The summed E-state index contributed by atoms with van der Waals surface area (Å²) in [4.78, 5) is 6.51. The topological polar surface area (TPSA) is 82.6 Å². The molecule has 5 nitrogen and oxygen atoms in total. The van der Waals surface area contributed by atoms with E-state index in [1.165, 1.54) is 0 Å². The molecule has 3 rings (SSSR count). The number of β-amino-alcohol motifs (C(OH)–C–C–N with tert-alkyl or cyclic N) is 2. The Morgan fingerprint density at radius 3 is 2.58 bits per heavy atom. The van der Waals surface area contributed by atoms with Crippen molar-refractivity contribution in [1.29, 1.82) is 0 Å². The zero-order chi connectivity index (χ0) is 13.4. The van der Waals surface area contributed by atoms with Gasteiger partial charge in [-0.2, -0.15) is 0 Å². The molecule has 0 saturated carbocycles. The van der Waals surface area contributed by atoms with E-state index in [2.05, 4.69) is 4.98 Å². The zero-order valence-corrected chi connectivity index (χ0v) is 10.5. The number of aliphatic hydroxyl groups is 2. The molecule has 1 saturated heterocycles. The fraction of sp³-hybridized carbons (Fsp3) is 0.357. The van der Waals surface area contributed by atoms with Gasteiger partial charge in [0.25, 0.3) is 0 Å². The molecule has 2 heterocycles. The number of anilines is 1. The van der Waals surface area contributed by atoms with Gasteiger partial charge in [0, 0.05) is 30.6 Å². The van der Waals surface area contributed by atoms with Crippen LogP contribution in [0.4, 0.5) is 5.82 Å². The Bertz CT molecular complexity index is 592. The fourth-order valence-electron chi connectivity index (χ4n) is 2.52. The smallest absolute Gasteiger partial charge is 0.133 e. The van der Waals surface area contributed by atoms with Crippen molar-refractivity contribution in [2.75, 3.05) is 18.0 Å². The molecule has 1 aromatic heterocycles. The molecule has 1 fully saturated rings. The summed E-state index contributed by atoms with van der Waals surface area (Å²) in [5.74, 6) is 0.761. The number of hydrogen-bond acceptors (Lipinski definition) is 5. The van der Waals surface area contributed by atoms with E-state index in [0.717, 1.165) is 22.3 Å². The highest BCUT2D eigenvalue weighted by Crippen LogP contribution is 2.26. The summed E-state index contributed by atoms with van der Waals surface area (Å²) in [7, 11) is 0. The maximum atomic E-state index is 9.66. The van der Waals surface area contributed by atoms with Crippen LogP contribution in [0.15, 0.2) is 30.3 Å². The normalized spacial score (nSPS) is 23.2. The number of hydrogen-bond donors (Lipinski definition) is 3. The maximum absolute atomic E-state index is 9.66. The fourth-order valence-corrected chi connectivity index (χ4v) is 2.52. The van der Waals surface area contributed by atoms with Crippen molar-refractivity contribution in [2.45, 2.75) is 18.8 Å². The number of aliphatic hydroxyl groups excluding tert-OH is 2. The molecule has 1 aliphatic heterocycles. The van der Waals surface area contributed by atoms with Gasteiger partial charge in [0.05, 0.1) is 17.7 Å². The van der Waals surface area contributed by atoms with Crippen molar-refractivity contribution in [3.05, 3.63) is 35.9 Å². The third kappa shape index (κ3) is 2.16. The first kappa shape index (κ1) is 12.3. The standard InChI is InChI=1S/C14H17N3O2/c15-6-10-5-9-3-1-2-4-11(9)16-14(10)17-7-12(18)13(19)8-17/h1-5,12-13,18-19H,6-8,15H2. The van der Waals surface area contributed by atoms with Crippen LogP contribution in [0.3, 0.4) is 0 Å². The van der Waals surface area contributed by atoms with Crippen LogP contribution in [0.5, 0.6) is 0 Å². The quantitative estimate of drug-likeness (QED) is 0.719. The molecule has 1 aliphatic rings. The number of benzene rings is 1. The third-order valence-corrected chi connectivity index (χ3v) is 3.56. The molecule has 2 unspecified atom stereocenters. The molecule has 0 spiro atoms. The molecule has 2 atom stereocenters. The van der Waals surface area contributed by atoms with Gasteiger partial charge >= 0.3 is 0 Å². The summed E-state index contributed by atoms with van der Waals surface area (Å²) in [6.45, 7) is 1.16. The largest absolute Gasteiger partial charge is 0.389 e. The van der Waals surface area contributed by atoms with Crippen LogP contribution in [-0.2, 0) is 6.54 Å². The number of rotatable bonds is 2. The molecule has 0 bridgehead atoms. The molecule has 100 valence electrons. The minimum absolute atomic E-state index is 0.385. The highest BCUT2D eigenvalue weighted by atomic mass is 16.3. The molecule has 5 heteroatoms. The van der Waals surface area contributed by atoms with Crippen LogP contribution in [0.2, 0.25) is 0 Å². The molecular weight excluding hydrogens is 242 g/mol. The Kier molecular flexibility index (Phi) is 3.10. The van der Waals surface area contributed by atoms with E-state index in [4.69, 9.17) is 5.73 Å². The van der Waals surface area contributed by atoms with Crippen molar-refractivity contribution >= 4 is 16.7 Å². The van der Waals surface area contributed by atoms with Gasteiger partial charge in [-0.05, 0) is 12.1 Å². The molecule has 0 aliphatic carbocycles. The highest BCUT2D eigenvalue weighted by Gasteiger charge is 2.31. The second-order valence-corrected chi connectivity index (χ2v) is 4.91. The zero-order valence-electron chi connectivity index (χ0n) is 10.5. The van der Waals surface area contributed by atoms with Crippen molar-refractivity contribution < 1.29 is 10.2 Å². The highest BCUT2D eigenvalue weighted by molar-refractivity contribution is 5.81. The van der Waals surface area contributed by atoms with E-state index in [1.807, 2.05) is 35.2 Å².